The smallest absolute Gasteiger partial charge is 0.224 e. The number of hydrogen-bond acceptors (Lipinski definition) is 2. The van der Waals surface area contributed by atoms with Crippen molar-refractivity contribution in [3.05, 3.63) is 24.0 Å². The highest BCUT2D eigenvalue weighted by Crippen LogP contribution is 1.97. The van der Waals surface area contributed by atoms with Gasteiger partial charge in [-0.15, -0.1) is 0 Å². The standard InChI is InChI=1S/C10H17N3O/c1-8(5-11-2)10(14)13-7-9-3-4-12-6-9/h3-4,6,8,11-12H,5,7H2,1-2H3,(H,13,14). The SMILES string of the molecule is CNCC(C)C(=O)NCc1cc[nH]c1. The molecule has 1 aromatic rings. The number of aromatic amines is 1. The van der Waals surface area contributed by atoms with Crippen molar-refractivity contribution >= 4 is 5.91 Å². The summed E-state index contributed by atoms with van der Waals surface area (Å²) in [5.41, 5.74) is 1.09. The first-order valence-electron chi connectivity index (χ1n) is 4.78. The van der Waals surface area contributed by atoms with Crippen LogP contribution in [0.3, 0.4) is 0 Å². The number of amides is 1. The minimum absolute atomic E-state index is 0.0129. The summed E-state index contributed by atoms with van der Waals surface area (Å²) in [5, 5.41) is 5.85. The van der Waals surface area contributed by atoms with Crippen LogP contribution in [-0.4, -0.2) is 24.5 Å². The quantitative estimate of drug-likeness (QED) is 0.640. The molecule has 0 aliphatic heterocycles. The first-order valence-corrected chi connectivity index (χ1v) is 4.78. The summed E-state index contributed by atoms with van der Waals surface area (Å²) >= 11 is 0. The van der Waals surface area contributed by atoms with Crippen molar-refractivity contribution in [3.63, 3.8) is 0 Å². The van der Waals surface area contributed by atoms with Gasteiger partial charge in [-0.05, 0) is 18.7 Å². The minimum Gasteiger partial charge on any atom is -0.367 e. The van der Waals surface area contributed by atoms with Crippen LogP contribution >= 0.6 is 0 Å². The molecule has 1 aromatic heterocycles. The van der Waals surface area contributed by atoms with Crippen LogP contribution in [0.25, 0.3) is 0 Å². The first kappa shape index (κ1) is 10.8. The van der Waals surface area contributed by atoms with Crippen molar-refractivity contribution in [2.75, 3.05) is 13.6 Å². The fraction of sp³-hybridized carbons (Fsp3) is 0.500. The average molecular weight is 195 g/mol. The van der Waals surface area contributed by atoms with E-state index < -0.39 is 0 Å². The highest BCUT2D eigenvalue weighted by atomic mass is 16.1. The summed E-state index contributed by atoms with van der Waals surface area (Å²) in [6.07, 6.45) is 3.72. The maximum absolute atomic E-state index is 11.5. The van der Waals surface area contributed by atoms with E-state index in [1.54, 1.807) is 0 Å². The zero-order valence-electron chi connectivity index (χ0n) is 8.63. The third kappa shape index (κ3) is 3.22. The van der Waals surface area contributed by atoms with E-state index in [0.717, 1.165) is 5.56 Å². The lowest BCUT2D eigenvalue weighted by Crippen LogP contribution is -2.33. The van der Waals surface area contributed by atoms with Crippen molar-refractivity contribution in [2.45, 2.75) is 13.5 Å². The molecule has 0 bridgehead atoms. The molecule has 0 saturated carbocycles. The van der Waals surface area contributed by atoms with Crippen LogP contribution < -0.4 is 10.6 Å². The molecule has 0 aliphatic rings. The third-order valence-corrected chi connectivity index (χ3v) is 2.09. The normalized spacial score (nSPS) is 12.4. The molecule has 0 aliphatic carbocycles. The molecule has 4 nitrogen and oxygen atoms in total. The number of nitrogens with one attached hydrogen (secondary N) is 3. The second-order valence-corrected chi connectivity index (χ2v) is 3.40. The summed E-state index contributed by atoms with van der Waals surface area (Å²) < 4.78 is 0. The molecule has 1 rings (SSSR count). The fourth-order valence-corrected chi connectivity index (χ4v) is 1.23. The molecule has 1 heterocycles. The van der Waals surface area contributed by atoms with Crippen molar-refractivity contribution in [1.82, 2.24) is 15.6 Å². The molecule has 1 amide bonds. The zero-order valence-corrected chi connectivity index (χ0v) is 8.63. The number of hydrogen-bond donors (Lipinski definition) is 3. The van der Waals surface area contributed by atoms with Crippen LogP contribution in [0.4, 0.5) is 0 Å². The molecular weight excluding hydrogens is 178 g/mol. The van der Waals surface area contributed by atoms with E-state index in [1.807, 2.05) is 32.4 Å². The van der Waals surface area contributed by atoms with Gasteiger partial charge in [-0.3, -0.25) is 4.79 Å². The Labute approximate surface area is 84.1 Å². The molecule has 4 heteroatoms. The molecule has 0 fully saturated rings. The molecule has 0 aromatic carbocycles. The molecule has 78 valence electrons. The van der Waals surface area contributed by atoms with Crippen molar-refractivity contribution in [3.8, 4) is 0 Å². The summed E-state index contributed by atoms with van der Waals surface area (Å²) in [6.45, 7) is 3.21. The van der Waals surface area contributed by atoms with Gasteiger partial charge >= 0.3 is 0 Å². The van der Waals surface area contributed by atoms with Crippen LogP contribution in [0, 0.1) is 5.92 Å². The Morgan fingerprint density at radius 3 is 3.00 bits per heavy atom. The minimum atomic E-state index is 0.0129. The van der Waals surface area contributed by atoms with Crippen molar-refractivity contribution < 1.29 is 4.79 Å². The van der Waals surface area contributed by atoms with Gasteiger partial charge in [0.25, 0.3) is 0 Å². The topological polar surface area (TPSA) is 56.9 Å². The molecule has 1 unspecified atom stereocenters. The predicted octanol–water partition coefficient (Wildman–Crippen LogP) is 0.486. The Morgan fingerprint density at radius 1 is 1.64 bits per heavy atom. The van der Waals surface area contributed by atoms with E-state index in [4.69, 9.17) is 0 Å². The Bertz CT molecular complexity index is 269. The molecule has 0 radical (unpaired) electrons. The maximum Gasteiger partial charge on any atom is 0.224 e. The van der Waals surface area contributed by atoms with E-state index >= 15 is 0 Å². The second kappa shape index (κ2) is 5.44. The van der Waals surface area contributed by atoms with Crippen molar-refractivity contribution in [2.24, 2.45) is 5.92 Å². The van der Waals surface area contributed by atoms with Gasteiger partial charge in [0, 0.05) is 31.4 Å². The van der Waals surface area contributed by atoms with Gasteiger partial charge < -0.3 is 15.6 Å². The van der Waals surface area contributed by atoms with Gasteiger partial charge in [-0.1, -0.05) is 6.92 Å². The number of rotatable bonds is 5. The first-order chi connectivity index (χ1) is 6.74. The molecule has 3 N–H and O–H groups in total. The van der Waals surface area contributed by atoms with Gasteiger partial charge in [0.2, 0.25) is 5.91 Å². The van der Waals surface area contributed by atoms with Gasteiger partial charge in [-0.2, -0.15) is 0 Å². The predicted molar refractivity (Wildman–Crippen MR) is 55.7 cm³/mol. The van der Waals surface area contributed by atoms with E-state index in [2.05, 4.69) is 15.6 Å². The van der Waals surface area contributed by atoms with E-state index in [0.29, 0.717) is 13.1 Å². The molecule has 1 atom stereocenters. The van der Waals surface area contributed by atoms with E-state index in [-0.39, 0.29) is 11.8 Å². The van der Waals surface area contributed by atoms with Gasteiger partial charge in [0.15, 0.2) is 0 Å². The number of H-pyrrole nitrogens is 1. The van der Waals surface area contributed by atoms with Crippen LogP contribution in [0.2, 0.25) is 0 Å². The monoisotopic (exact) mass is 195 g/mol. The summed E-state index contributed by atoms with van der Waals surface area (Å²) in [6, 6.07) is 1.95. The lowest BCUT2D eigenvalue weighted by molar-refractivity contribution is -0.124. The Balaban J connectivity index is 2.27. The second-order valence-electron chi connectivity index (χ2n) is 3.40. The lowest BCUT2D eigenvalue weighted by Gasteiger charge is -2.10. The molecule has 0 spiro atoms. The molecule has 14 heavy (non-hydrogen) atoms. The van der Waals surface area contributed by atoms with Crippen LogP contribution in [0.15, 0.2) is 18.5 Å². The largest absolute Gasteiger partial charge is 0.367 e. The fourth-order valence-electron chi connectivity index (χ4n) is 1.23. The Hall–Kier alpha value is -1.29. The average Bonchev–Trinajstić information content (AvgIpc) is 2.67. The Morgan fingerprint density at radius 2 is 2.43 bits per heavy atom. The maximum atomic E-state index is 11.5. The lowest BCUT2D eigenvalue weighted by atomic mass is 10.1. The van der Waals surface area contributed by atoms with E-state index in [1.165, 1.54) is 0 Å². The highest BCUT2D eigenvalue weighted by molar-refractivity contribution is 5.78. The van der Waals surface area contributed by atoms with Crippen LogP contribution in [-0.2, 0) is 11.3 Å². The van der Waals surface area contributed by atoms with Crippen LogP contribution in [0.1, 0.15) is 12.5 Å². The summed E-state index contributed by atoms with van der Waals surface area (Å²) in [7, 11) is 1.84. The summed E-state index contributed by atoms with van der Waals surface area (Å²) in [4.78, 5) is 14.4. The van der Waals surface area contributed by atoms with Gasteiger partial charge in [0.1, 0.15) is 0 Å². The van der Waals surface area contributed by atoms with Crippen LogP contribution in [0.5, 0.6) is 0 Å². The Kier molecular flexibility index (Phi) is 4.19. The molecule has 0 saturated heterocycles. The number of aromatic nitrogens is 1. The highest BCUT2D eigenvalue weighted by Gasteiger charge is 2.10. The zero-order chi connectivity index (χ0) is 10.4. The van der Waals surface area contributed by atoms with Crippen molar-refractivity contribution in [1.29, 1.82) is 0 Å². The third-order valence-electron chi connectivity index (χ3n) is 2.09. The van der Waals surface area contributed by atoms with Gasteiger partial charge in [-0.25, -0.2) is 0 Å². The van der Waals surface area contributed by atoms with E-state index in [9.17, 15) is 4.79 Å². The number of carbonyl (C=O) groups is 1. The number of carbonyl (C=O) groups excluding carboxylic acids is 1. The van der Waals surface area contributed by atoms with Gasteiger partial charge in [0.05, 0.1) is 0 Å². The molecular formula is C10H17N3O. The summed E-state index contributed by atoms with van der Waals surface area (Å²) in [5.74, 6) is 0.0968.